The van der Waals surface area contributed by atoms with Crippen LogP contribution < -0.4 is 0 Å². The number of nitrogens with zero attached hydrogens (tertiary/aromatic N) is 4. The average Bonchev–Trinajstić information content (AvgIpc) is 2.38. The first-order valence-electron chi connectivity index (χ1n) is 4.70. The zero-order chi connectivity index (χ0) is 12.1. The summed E-state index contributed by atoms with van der Waals surface area (Å²) < 4.78 is 0. The van der Waals surface area contributed by atoms with Crippen LogP contribution in [0.5, 0.6) is 0 Å². The highest BCUT2D eigenvalue weighted by molar-refractivity contribution is 7.99. The molecule has 0 aliphatic carbocycles. The van der Waals surface area contributed by atoms with Crippen LogP contribution in [0.1, 0.15) is 0 Å². The van der Waals surface area contributed by atoms with E-state index in [0.29, 0.717) is 16.5 Å². The molecular formula is C10H8N4O2S. The van der Waals surface area contributed by atoms with Crippen LogP contribution in [0.15, 0.2) is 36.0 Å². The summed E-state index contributed by atoms with van der Waals surface area (Å²) in [5, 5.41) is 8.97. The molecule has 0 aliphatic rings. The Balaban J connectivity index is 2.20. The second-order valence-corrected chi connectivity index (χ2v) is 3.94. The molecule has 2 rings (SSSR count). The largest absolute Gasteiger partial charge is 0.481 e. The van der Waals surface area contributed by atoms with Gasteiger partial charge in [0.15, 0.2) is 5.16 Å². The zero-order valence-corrected chi connectivity index (χ0v) is 9.46. The van der Waals surface area contributed by atoms with Crippen LogP contribution in [0.3, 0.4) is 0 Å². The lowest BCUT2D eigenvalue weighted by atomic mass is 10.3. The average molecular weight is 248 g/mol. The molecule has 0 radical (unpaired) electrons. The van der Waals surface area contributed by atoms with Crippen LogP contribution in [-0.2, 0) is 4.79 Å². The Labute approximate surface area is 101 Å². The summed E-state index contributed by atoms with van der Waals surface area (Å²) in [7, 11) is 0. The number of carbonyl (C=O) groups is 1. The van der Waals surface area contributed by atoms with Gasteiger partial charge in [0, 0.05) is 18.6 Å². The van der Waals surface area contributed by atoms with Gasteiger partial charge < -0.3 is 5.11 Å². The second kappa shape index (κ2) is 5.35. The molecule has 0 spiro atoms. The van der Waals surface area contributed by atoms with Gasteiger partial charge >= 0.3 is 5.97 Å². The van der Waals surface area contributed by atoms with E-state index in [9.17, 15) is 4.79 Å². The highest BCUT2D eigenvalue weighted by Crippen LogP contribution is 2.17. The molecule has 0 fully saturated rings. The van der Waals surface area contributed by atoms with Gasteiger partial charge in [-0.1, -0.05) is 11.8 Å². The maximum absolute atomic E-state index is 10.4. The minimum absolute atomic E-state index is 0.0656. The molecule has 2 heterocycles. The van der Waals surface area contributed by atoms with Gasteiger partial charge in [-0.05, 0) is 6.07 Å². The maximum Gasteiger partial charge on any atom is 0.313 e. The Hall–Kier alpha value is -2.02. The minimum Gasteiger partial charge on any atom is -0.481 e. The van der Waals surface area contributed by atoms with Crippen molar-refractivity contribution in [3.8, 4) is 11.4 Å². The molecule has 0 atom stereocenters. The Morgan fingerprint density at radius 1 is 1.24 bits per heavy atom. The number of aromatic nitrogens is 4. The molecule has 2 aromatic rings. The quantitative estimate of drug-likeness (QED) is 0.640. The Morgan fingerprint density at radius 2 is 2.12 bits per heavy atom. The van der Waals surface area contributed by atoms with E-state index in [1.165, 1.54) is 0 Å². The van der Waals surface area contributed by atoms with Crippen LogP contribution in [0.25, 0.3) is 11.4 Å². The summed E-state index contributed by atoms with van der Waals surface area (Å²) in [6.45, 7) is 0. The van der Waals surface area contributed by atoms with Crippen molar-refractivity contribution in [2.24, 2.45) is 0 Å². The molecule has 1 N–H and O–H groups in total. The van der Waals surface area contributed by atoms with Crippen molar-refractivity contribution in [1.82, 2.24) is 19.9 Å². The number of carboxylic acids is 1. The predicted molar refractivity (Wildman–Crippen MR) is 61.4 cm³/mol. The molecule has 0 amide bonds. The first kappa shape index (κ1) is 11.5. The van der Waals surface area contributed by atoms with E-state index in [1.54, 1.807) is 30.9 Å². The number of rotatable bonds is 4. The summed E-state index contributed by atoms with van der Waals surface area (Å²) in [6, 6.07) is 1.70. The Bertz CT molecular complexity index is 521. The van der Waals surface area contributed by atoms with Crippen LogP contribution in [0, 0.1) is 0 Å². The number of carboxylic acid groups (broad SMARTS) is 1. The third-order valence-corrected chi connectivity index (χ3v) is 2.63. The Kier molecular flexibility index (Phi) is 3.61. The summed E-state index contributed by atoms with van der Waals surface area (Å²) in [5.74, 6) is -0.965. The number of hydrogen-bond acceptors (Lipinski definition) is 6. The smallest absolute Gasteiger partial charge is 0.313 e. The highest BCUT2D eigenvalue weighted by atomic mass is 32.2. The van der Waals surface area contributed by atoms with Gasteiger partial charge in [-0.3, -0.25) is 14.8 Å². The molecule has 0 saturated heterocycles. The normalized spacial score (nSPS) is 10.1. The molecular weight excluding hydrogens is 240 g/mol. The van der Waals surface area contributed by atoms with Crippen molar-refractivity contribution in [3.63, 3.8) is 0 Å². The summed E-state index contributed by atoms with van der Waals surface area (Å²) in [6.07, 6.45) is 6.31. The highest BCUT2D eigenvalue weighted by Gasteiger charge is 2.05. The molecule has 0 aromatic carbocycles. The van der Waals surface area contributed by atoms with Crippen LogP contribution in [0.4, 0.5) is 0 Å². The molecule has 7 heteroatoms. The van der Waals surface area contributed by atoms with Crippen molar-refractivity contribution < 1.29 is 9.90 Å². The fourth-order valence-electron chi connectivity index (χ4n) is 1.11. The van der Waals surface area contributed by atoms with Crippen molar-refractivity contribution >= 4 is 17.7 Å². The molecule has 17 heavy (non-hydrogen) atoms. The molecule has 86 valence electrons. The summed E-state index contributed by atoms with van der Waals surface area (Å²) in [4.78, 5) is 26.7. The third-order valence-electron chi connectivity index (χ3n) is 1.78. The van der Waals surface area contributed by atoms with Crippen LogP contribution in [0.2, 0.25) is 0 Å². The van der Waals surface area contributed by atoms with Crippen molar-refractivity contribution in [2.45, 2.75) is 5.16 Å². The topological polar surface area (TPSA) is 88.9 Å². The van der Waals surface area contributed by atoms with E-state index in [1.807, 2.05) is 0 Å². The fraction of sp³-hybridized carbons (Fsp3) is 0.100. The van der Waals surface area contributed by atoms with E-state index >= 15 is 0 Å². The standard InChI is InChI=1S/C10H8N4O2S/c15-9(16)6-17-10-13-2-1-7(14-10)8-5-11-3-4-12-8/h1-5H,6H2,(H,15,16). The fourth-order valence-corrected chi connectivity index (χ4v) is 1.66. The molecule has 0 saturated carbocycles. The van der Waals surface area contributed by atoms with Gasteiger partial charge in [-0.15, -0.1) is 0 Å². The van der Waals surface area contributed by atoms with Crippen molar-refractivity contribution in [3.05, 3.63) is 30.9 Å². The van der Waals surface area contributed by atoms with Crippen LogP contribution in [-0.4, -0.2) is 36.8 Å². The summed E-state index contributed by atoms with van der Waals surface area (Å²) in [5.41, 5.74) is 1.26. The lowest BCUT2D eigenvalue weighted by Crippen LogP contribution is -1.99. The van der Waals surface area contributed by atoms with Gasteiger partial charge in [0.2, 0.25) is 0 Å². The van der Waals surface area contributed by atoms with Gasteiger partial charge in [-0.2, -0.15) is 0 Å². The van der Waals surface area contributed by atoms with Crippen LogP contribution >= 0.6 is 11.8 Å². The van der Waals surface area contributed by atoms with E-state index in [-0.39, 0.29) is 5.75 Å². The van der Waals surface area contributed by atoms with Gasteiger partial charge in [0.05, 0.1) is 17.6 Å². The maximum atomic E-state index is 10.4. The minimum atomic E-state index is -0.900. The summed E-state index contributed by atoms with van der Waals surface area (Å²) >= 11 is 1.07. The molecule has 0 unspecified atom stereocenters. The lowest BCUT2D eigenvalue weighted by molar-refractivity contribution is -0.133. The third kappa shape index (κ3) is 3.22. The Morgan fingerprint density at radius 3 is 2.82 bits per heavy atom. The van der Waals surface area contributed by atoms with E-state index in [4.69, 9.17) is 5.11 Å². The monoisotopic (exact) mass is 248 g/mol. The predicted octanol–water partition coefficient (Wildman–Crippen LogP) is 1.11. The molecule has 0 bridgehead atoms. The van der Waals surface area contributed by atoms with E-state index < -0.39 is 5.97 Å². The molecule has 2 aromatic heterocycles. The van der Waals surface area contributed by atoms with Gasteiger partial charge in [0.25, 0.3) is 0 Å². The number of thioether (sulfide) groups is 1. The van der Waals surface area contributed by atoms with E-state index in [2.05, 4.69) is 19.9 Å². The number of aliphatic carboxylic acids is 1. The SMILES string of the molecule is O=C(O)CSc1nccc(-c2cnccn2)n1. The second-order valence-electron chi connectivity index (χ2n) is 3.00. The molecule has 0 aliphatic heterocycles. The van der Waals surface area contributed by atoms with E-state index in [0.717, 1.165) is 11.8 Å². The first-order chi connectivity index (χ1) is 8.25. The van der Waals surface area contributed by atoms with Gasteiger partial charge in [0.1, 0.15) is 5.69 Å². The lowest BCUT2D eigenvalue weighted by Gasteiger charge is -2.01. The van der Waals surface area contributed by atoms with Crippen molar-refractivity contribution in [1.29, 1.82) is 0 Å². The van der Waals surface area contributed by atoms with Gasteiger partial charge in [-0.25, -0.2) is 9.97 Å². The first-order valence-corrected chi connectivity index (χ1v) is 5.68. The zero-order valence-electron chi connectivity index (χ0n) is 8.65. The number of hydrogen-bond donors (Lipinski definition) is 1. The van der Waals surface area contributed by atoms with Crippen molar-refractivity contribution in [2.75, 3.05) is 5.75 Å². The molecule has 6 nitrogen and oxygen atoms in total.